The van der Waals surface area contributed by atoms with Crippen molar-refractivity contribution in [3.63, 3.8) is 0 Å². The molecule has 2 aromatic carbocycles. The van der Waals surface area contributed by atoms with E-state index in [2.05, 4.69) is 30.1 Å². The molecule has 3 rings (SSSR count). The van der Waals surface area contributed by atoms with Crippen LogP contribution in [0.4, 0.5) is 15.8 Å². The summed E-state index contributed by atoms with van der Waals surface area (Å²) < 4.78 is 13.1. The summed E-state index contributed by atoms with van der Waals surface area (Å²) in [5.74, 6) is -0.882. The Morgan fingerprint density at radius 3 is 2.48 bits per heavy atom. The Bertz CT molecular complexity index is 878. The molecule has 2 amide bonds. The Morgan fingerprint density at radius 2 is 1.86 bits per heavy atom. The van der Waals surface area contributed by atoms with Crippen LogP contribution in [-0.4, -0.2) is 36.3 Å². The standard InChI is InChI=1S/C23H28FN3O2/c1-4-26(5-2)20-10-11-21(16(3)12-20)25-23(29)18-13-22(28)27(15-18)14-17-6-8-19(24)9-7-17/h6-12,18H,4-5,13-15H2,1-3H3,(H,25,29). The van der Waals surface area contributed by atoms with Gasteiger partial charge in [-0.3, -0.25) is 9.59 Å². The first kappa shape index (κ1) is 20.8. The number of hydrogen-bond donors (Lipinski definition) is 1. The van der Waals surface area contributed by atoms with Crippen LogP contribution in [0.5, 0.6) is 0 Å². The second-order valence-corrected chi connectivity index (χ2v) is 7.46. The van der Waals surface area contributed by atoms with E-state index >= 15 is 0 Å². The van der Waals surface area contributed by atoms with E-state index in [4.69, 9.17) is 0 Å². The number of likely N-dealkylation sites (tertiary alicyclic amines) is 1. The third-order valence-electron chi connectivity index (χ3n) is 5.47. The molecular formula is C23H28FN3O2. The fourth-order valence-electron chi connectivity index (χ4n) is 3.72. The van der Waals surface area contributed by atoms with Crippen LogP contribution in [0.15, 0.2) is 42.5 Å². The maximum Gasteiger partial charge on any atom is 0.229 e. The lowest BCUT2D eigenvalue weighted by Crippen LogP contribution is -2.28. The minimum absolute atomic E-state index is 0.0527. The van der Waals surface area contributed by atoms with Crippen LogP contribution in [0.2, 0.25) is 0 Å². The number of anilines is 2. The third-order valence-corrected chi connectivity index (χ3v) is 5.47. The van der Waals surface area contributed by atoms with Crippen molar-refractivity contribution in [1.29, 1.82) is 0 Å². The lowest BCUT2D eigenvalue weighted by molar-refractivity contribution is -0.128. The summed E-state index contributed by atoms with van der Waals surface area (Å²) in [6.45, 7) is 8.82. The van der Waals surface area contributed by atoms with Crippen LogP contribution < -0.4 is 10.2 Å². The van der Waals surface area contributed by atoms with E-state index in [1.807, 2.05) is 19.1 Å². The maximum absolute atomic E-state index is 13.1. The molecule has 0 saturated carbocycles. The maximum atomic E-state index is 13.1. The molecule has 0 aromatic heterocycles. The number of nitrogens with one attached hydrogen (secondary N) is 1. The van der Waals surface area contributed by atoms with E-state index in [1.54, 1.807) is 17.0 Å². The summed E-state index contributed by atoms with van der Waals surface area (Å²) in [6.07, 6.45) is 0.198. The highest BCUT2D eigenvalue weighted by molar-refractivity contribution is 5.97. The molecule has 1 aliphatic heterocycles. The lowest BCUT2D eigenvalue weighted by atomic mass is 10.1. The number of carbonyl (C=O) groups is 2. The van der Waals surface area contributed by atoms with E-state index in [-0.39, 0.29) is 30.0 Å². The van der Waals surface area contributed by atoms with Crippen molar-refractivity contribution in [3.8, 4) is 0 Å². The predicted octanol–water partition coefficient (Wildman–Crippen LogP) is 3.97. The minimum atomic E-state index is -0.384. The smallest absolute Gasteiger partial charge is 0.229 e. The predicted molar refractivity (Wildman–Crippen MR) is 113 cm³/mol. The molecule has 0 aliphatic carbocycles. The summed E-state index contributed by atoms with van der Waals surface area (Å²) >= 11 is 0. The second kappa shape index (κ2) is 9.07. The molecule has 0 radical (unpaired) electrons. The van der Waals surface area contributed by atoms with Crippen molar-refractivity contribution < 1.29 is 14.0 Å². The topological polar surface area (TPSA) is 52.7 Å². The zero-order chi connectivity index (χ0) is 21.0. The van der Waals surface area contributed by atoms with Gasteiger partial charge in [0.05, 0.1) is 5.92 Å². The number of rotatable bonds is 7. The number of nitrogens with zero attached hydrogens (tertiary/aromatic N) is 2. The molecule has 154 valence electrons. The van der Waals surface area contributed by atoms with Crippen molar-refractivity contribution in [2.75, 3.05) is 29.9 Å². The zero-order valence-corrected chi connectivity index (χ0v) is 17.2. The van der Waals surface area contributed by atoms with Gasteiger partial charge >= 0.3 is 0 Å². The molecule has 1 fully saturated rings. The van der Waals surface area contributed by atoms with Crippen molar-refractivity contribution in [1.82, 2.24) is 4.90 Å². The van der Waals surface area contributed by atoms with Gasteiger partial charge in [0, 0.05) is 44.0 Å². The normalized spacial score (nSPS) is 16.2. The fourth-order valence-corrected chi connectivity index (χ4v) is 3.72. The first-order valence-corrected chi connectivity index (χ1v) is 10.1. The van der Waals surface area contributed by atoms with Gasteiger partial charge in [0.2, 0.25) is 11.8 Å². The molecule has 2 aromatic rings. The van der Waals surface area contributed by atoms with Gasteiger partial charge in [-0.2, -0.15) is 0 Å². The average molecular weight is 397 g/mol. The summed E-state index contributed by atoms with van der Waals surface area (Å²) in [7, 11) is 0. The molecule has 1 atom stereocenters. The van der Waals surface area contributed by atoms with E-state index in [0.29, 0.717) is 13.1 Å². The molecule has 1 N–H and O–H groups in total. The summed E-state index contributed by atoms with van der Waals surface area (Å²) in [4.78, 5) is 29.0. The molecule has 1 heterocycles. The van der Waals surface area contributed by atoms with Gasteiger partial charge in [-0.05, 0) is 62.2 Å². The Kier molecular flexibility index (Phi) is 6.52. The average Bonchev–Trinajstić information content (AvgIpc) is 3.07. The Morgan fingerprint density at radius 1 is 1.17 bits per heavy atom. The minimum Gasteiger partial charge on any atom is -0.372 e. The third kappa shape index (κ3) is 4.94. The fraction of sp³-hybridized carbons (Fsp3) is 0.391. The second-order valence-electron chi connectivity index (χ2n) is 7.46. The van der Waals surface area contributed by atoms with Gasteiger partial charge in [0.1, 0.15) is 5.82 Å². The molecule has 5 nitrogen and oxygen atoms in total. The number of carbonyl (C=O) groups excluding carboxylic acids is 2. The zero-order valence-electron chi connectivity index (χ0n) is 17.2. The van der Waals surface area contributed by atoms with Gasteiger partial charge in [-0.25, -0.2) is 4.39 Å². The van der Waals surface area contributed by atoms with Crippen LogP contribution in [-0.2, 0) is 16.1 Å². The first-order chi connectivity index (χ1) is 13.9. The van der Waals surface area contributed by atoms with E-state index in [0.717, 1.165) is 35.6 Å². The van der Waals surface area contributed by atoms with Crippen molar-refractivity contribution in [3.05, 3.63) is 59.4 Å². The Balaban J connectivity index is 1.62. The molecule has 0 spiro atoms. The number of hydrogen-bond acceptors (Lipinski definition) is 3. The molecule has 6 heteroatoms. The van der Waals surface area contributed by atoms with Gasteiger partial charge in [0.15, 0.2) is 0 Å². The molecule has 1 unspecified atom stereocenters. The SMILES string of the molecule is CCN(CC)c1ccc(NC(=O)C2CC(=O)N(Cc3ccc(F)cc3)C2)c(C)c1. The van der Waals surface area contributed by atoms with E-state index in [9.17, 15) is 14.0 Å². The summed E-state index contributed by atoms with van der Waals surface area (Å²) in [5.41, 5.74) is 3.75. The Labute approximate surface area is 171 Å². The number of amides is 2. The van der Waals surface area contributed by atoms with Gasteiger partial charge in [-0.15, -0.1) is 0 Å². The highest BCUT2D eigenvalue weighted by atomic mass is 19.1. The van der Waals surface area contributed by atoms with Crippen LogP contribution >= 0.6 is 0 Å². The monoisotopic (exact) mass is 397 g/mol. The van der Waals surface area contributed by atoms with E-state index in [1.165, 1.54) is 12.1 Å². The van der Waals surface area contributed by atoms with E-state index < -0.39 is 0 Å². The summed E-state index contributed by atoms with van der Waals surface area (Å²) in [6, 6.07) is 12.1. The van der Waals surface area contributed by atoms with Crippen LogP contribution in [0, 0.1) is 18.7 Å². The highest BCUT2D eigenvalue weighted by Gasteiger charge is 2.34. The van der Waals surface area contributed by atoms with Gasteiger partial charge in [-0.1, -0.05) is 12.1 Å². The summed E-state index contributed by atoms with van der Waals surface area (Å²) in [5, 5.41) is 2.98. The molecule has 0 bridgehead atoms. The molecular weight excluding hydrogens is 369 g/mol. The van der Waals surface area contributed by atoms with Crippen molar-refractivity contribution in [2.45, 2.75) is 33.7 Å². The quantitative estimate of drug-likeness (QED) is 0.769. The van der Waals surface area contributed by atoms with Crippen LogP contribution in [0.25, 0.3) is 0 Å². The Hall–Kier alpha value is -2.89. The first-order valence-electron chi connectivity index (χ1n) is 10.1. The van der Waals surface area contributed by atoms with Crippen molar-refractivity contribution >= 4 is 23.2 Å². The van der Waals surface area contributed by atoms with Gasteiger partial charge < -0.3 is 15.1 Å². The van der Waals surface area contributed by atoms with Crippen LogP contribution in [0.1, 0.15) is 31.4 Å². The number of aryl methyl sites for hydroxylation is 1. The molecule has 1 aliphatic rings. The molecule has 29 heavy (non-hydrogen) atoms. The number of halogens is 1. The largest absolute Gasteiger partial charge is 0.372 e. The van der Waals surface area contributed by atoms with Gasteiger partial charge in [0.25, 0.3) is 0 Å². The number of benzene rings is 2. The van der Waals surface area contributed by atoms with Crippen LogP contribution in [0.3, 0.4) is 0 Å². The lowest BCUT2D eigenvalue weighted by Gasteiger charge is -2.22. The molecule has 1 saturated heterocycles. The highest BCUT2D eigenvalue weighted by Crippen LogP contribution is 2.26. The van der Waals surface area contributed by atoms with Crippen molar-refractivity contribution in [2.24, 2.45) is 5.92 Å².